The fraction of sp³-hybridized carbons (Fsp3) is 0.632. The van der Waals surface area contributed by atoms with E-state index >= 15 is 0 Å². The van der Waals surface area contributed by atoms with E-state index in [1.807, 2.05) is 11.0 Å². The minimum atomic E-state index is -0.736. The predicted octanol–water partition coefficient (Wildman–Crippen LogP) is 2.60. The summed E-state index contributed by atoms with van der Waals surface area (Å²) in [5.74, 6) is 0.998. The first-order chi connectivity index (χ1) is 11.5. The summed E-state index contributed by atoms with van der Waals surface area (Å²) >= 11 is 0. The summed E-state index contributed by atoms with van der Waals surface area (Å²) < 4.78 is 11.4. The lowest BCUT2D eigenvalue weighted by molar-refractivity contribution is -0.142. The van der Waals surface area contributed by atoms with Crippen molar-refractivity contribution in [2.24, 2.45) is 5.73 Å². The molecule has 0 saturated carbocycles. The molecule has 140 valence electrons. The topological polar surface area (TPSA) is 64.8 Å². The van der Waals surface area contributed by atoms with Crippen LogP contribution in [0.4, 0.5) is 0 Å². The Bertz CT molecular complexity index is 594. The van der Waals surface area contributed by atoms with Crippen LogP contribution in [0.15, 0.2) is 18.2 Å². The van der Waals surface area contributed by atoms with E-state index in [-0.39, 0.29) is 24.4 Å². The molecule has 5 nitrogen and oxygen atoms in total. The third kappa shape index (κ3) is 4.66. The molecule has 2 N–H and O–H groups in total. The van der Waals surface area contributed by atoms with Gasteiger partial charge in [0.25, 0.3) is 0 Å². The molecule has 0 spiro atoms. The standard InChI is InChI=1S/C19H28N2O3.ClH/c1-14-3-4-17(13-15(14)2)24-16-5-9-21(10-6-16)18(22)19(20)7-11-23-12-8-19;/h3-4,13,16H,5-12,20H2,1-2H3;1H. The zero-order valence-electron chi connectivity index (χ0n) is 15.1. The number of aryl methyl sites for hydroxylation is 2. The van der Waals surface area contributed by atoms with E-state index in [1.54, 1.807) is 0 Å². The van der Waals surface area contributed by atoms with Crippen LogP contribution >= 0.6 is 12.4 Å². The van der Waals surface area contributed by atoms with Crippen molar-refractivity contribution in [2.45, 2.75) is 51.2 Å². The second-order valence-corrected chi connectivity index (χ2v) is 7.12. The highest BCUT2D eigenvalue weighted by atomic mass is 35.5. The molecule has 0 bridgehead atoms. The monoisotopic (exact) mass is 368 g/mol. The van der Waals surface area contributed by atoms with Gasteiger partial charge in [0.15, 0.2) is 0 Å². The van der Waals surface area contributed by atoms with Gasteiger partial charge in [-0.25, -0.2) is 0 Å². The quantitative estimate of drug-likeness (QED) is 0.890. The summed E-state index contributed by atoms with van der Waals surface area (Å²) in [7, 11) is 0. The van der Waals surface area contributed by atoms with E-state index in [0.717, 1.165) is 18.6 Å². The number of hydrogen-bond donors (Lipinski definition) is 1. The molecule has 2 saturated heterocycles. The Morgan fingerprint density at radius 2 is 1.84 bits per heavy atom. The maximum absolute atomic E-state index is 12.7. The molecule has 0 atom stereocenters. The van der Waals surface area contributed by atoms with E-state index in [4.69, 9.17) is 15.2 Å². The van der Waals surface area contributed by atoms with Crippen LogP contribution in [0.2, 0.25) is 0 Å². The Morgan fingerprint density at radius 3 is 2.44 bits per heavy atom. The highest BCUT2D eigenvalue weighted by Gasteiger charge is 2.40. The van der Waals surface area contributed by atoms with Gasteiger partial charge in [0.05, 0.1) is 5.54 Å². The zero-order valence-corrected chi connectivity index (χ0v) is 15.9. The number of amides is 1. The summed E-state index contributed by atoms with van der Waals surface area (Å²) in [4.78, 5) is 14.6. The van der Waals surface area contributed by atoms with Crippen LogP contribution in [0.25, 0.3) is 0 Å². The number of nitrogens with zero attached hydrogens (tertiary/aromatic N) is 1. The molecule has 2 aliphatic rings. The molecule has 3 rings (SSSR count). The van der Waals surface area contributed by atoms with Gasteiger partial charge in [-0.05, 0) is 49.9 Å². The summed E-state index contributed by atoms with van der Waals surface area (Å²) in [5.41, 5.74) is 8.10. The Balaban J connectivity index is 0.00000225. The number of likely N-dealkylation sites (tertiary alicyclic amines) is 1. The second kappa shape index (κ2) is 8.39. The summed E-state index contributed by atoms with van der Waals surface area (Å²) in [5, 5.41) is 0. The molecular formula is C19H29ClN2O3. The lowest BCUT2D eigenvalue weighted by atomic mass is 9.89. The summed E-state index contributed by atoms with van der Waals surface area (Å²) in [6, 6.07) is 6.20. The minimum Gasteiger partial charge on any atom is -0.490 e. The molecule has 0 aromatic heterocycles. The van der Waals surface area contributed by atoms with Gasteiger partial charge in [-0.1, -0.05) is 6.07 Å². The molecular weight excluding hydrogens is 340 g/mol. The first kappa shape index (κ1) is 20.0. The Hall–Kier alpha value is -1.30. The number of benzene rings is 1. The predicted molar refractivity (Wildman–Crippen MR) is 100 cm³/mol. The molecule has 2 heterocycles. The van der Waals surface area contributed by atoms with Gasteiger partial charge < -0.3 is 20.1 Å². The number of carbonyl (C=O) groups is 1. The molecule has 1 aromatic carbocycles. The third-order valence-electron chi connectivity index (χ3n) is 5.32. The number of rotatable bonds is 3. The van der Waals surface area contributed by atoms with Crippen LogP contribution in [0, 0.1) is 13.8 Å². The first-order valence-corrected chi connectivity index (χ1v) is 8.88. The SMILES string of the molecule is Cc1ccc(OC2CCN(C(=O)C3(N)CCOCC3)CC2)cc1C.Cl. The van der Waals surface area contributed by atoms with Gasteiger partial charge in [-0.2, -0.15) is 0 Å². The Kier molecular flexibility index (Phi) is 6.72. The Labute approximate surface area is 156 Å². The third-order valence-corrected chi connectivity index (χ3v) is 5.32. The molecule has 1 amide bonds. The van der Waals surface area contributed by atoms with E-state index in [1.165, 1.54) is 11.1 Å². The van der Waals surface area contributed by atoms with Crippen molar-refractivity contribution in [3.05, 3.63) is 29.3 Å². The van der Waals surface area contributed by atoms with Crippen molar-refractivity contribution in [1.29, 1.82) is 0 Å². The van der Waals surface area contributed by atoms with Crippen LogP contribution in [0.3, 0.4) is 0 Å². The van der Waals surface area contributed by atoms with Gasteiger partial charge in [-0.3, -0.25) is 4.79 Å². The average Bonchev–Trinajstić information content (AvgIpc) is 2.59. The van der Waals surface area contributed by atoms with Gasteiger partial charge in [0.1, 0.15) is 11.9 Å². The van der Waals surface area contributed by atoms with Crippen molar-refractivity contribution in [3.8, 4) is 5.75 Å². The smallest absolute Gasteiger partial charge is 0.242 e. The van der Waals surface area contributed by atoms with Crippen LogP contribution < -0.4 is 10.5 Å². The molecule has 0 radical (unpaired) electrons. The molecule has 1 aromatic rings. The van der Waals surface area contributed by atoms with Gasteiger partial charge >= 0.3 is 0 Å². The fourth-order valence-corrected chi connectivity index (χ4v) is 3.42. The van der Waals surface area contributed by atoms with Gasteiger partial charge in [0, 0.05) is 39.1 Å². The average molecular weight is 369 g/mol. The van der Waals surface area contributed by atoms with E-state index in [0.29, 0.717) is 39.1 Å². The lowest BCUT2D eigenvalue weighted by Crippen LogP contribution is -2.59. The van der Waals surface area contributed by atoms with E-state index in [9.17, 15) is 4.79 Å². The van der Waals surface area contributed by atoms with Crippen LogP contribution in [0.1, 0.15) is 36.8 Å². The van der Waals surface area contributed by atoms with Crippen molar-refractivity contribution in [1.82, 2.24) is 4.90 Å². The van der Waals surface area contributed by atoms with Crippen LogP contribution in [-0.2, 0) is 9.53 Å². The number of carbonyl (C=O) groups excluding carboxylic acids is 1. The van der Waals surface area contributed by atoms with Crippen molar-refractivity contribution < 1.29 is 14.3 Å². The number of ether oxygens (including phenoxy) is 2. The van der Waals surface area contributed by atoms with E-state index < -0.39 is 5.54 Å². The number of hydrogen-bond acceptors (Lipinski definition) is 4. The first-order valence-electron chi connectivity index (χ1n) is 8.88. The van der Waals surface area contributed by atoms with Gasteiger partial charge in [0.2, 0.25) is 5.91 Å². The van der Waals surface area contributed by atoms with Crippen molar-refractivity contribution >= 4 is 18.3 Å². The lowest BCUT2D eigenvalue weighted by Gasteiger charge is -2.39. The number of nitrogens with two attached hydrogens (primary N) is 1. The Morgan fingerprint density at radius 1 is 1.20 bits per heavy atom. The second-order valence-electron chi connectivity index (χ2n) is 7.12. The highest BCUT2D eigenvalue weighted by Crippen LogP contribution is 2.25. The molecule has 6 heteroatoms. The molecule has 0 aliphatic carbocycles. The maximum Gasteiger partial charge on any atom is 0.242 e. The maximum atomic E-state index is 12.7. The van der Waals surface area contributed by atoms with Crippen molar-refractivity contribution in [2.75, 3.05) is 26.3 Å². The van der Waals surface area contributed by atoms with E-state index in [2.05, 4.69) is 26.0 Å². The fourth-order valence-electron chi connectivity index (χ4n) is 3.42. The van der Waals surface area contributed by atoms with Crippen LogP contribution in [-0.4, -0.2) is 48.8 Å². The molecule has 25 heavy (non-hydrogen) atoms. The minimum absolute atomic E-state index is 0. The normalized spacial score (nSPS) is 20.7. The molecule has 2 aliphatic heterocycles. The van der Waals surface area contributed by atoms with Gasteiger partial charge in [-0.15, -0.1) is 12.4 Å². The van der Waals surface area contributed by atoms with Crippen LogP contribution in [0.5, 0.6) is 5.75 Å². The summed E-state index contributed by atoms with van der Waals surface area (Å²) in [6.07, 6.45) is 3.10. The molecule has 2 fully saturated rings. The highest BCUT2D eigenvalue weighted by molar-refractivity contribution is 5.86. The van der Waals surface area contributed by atoms with Crippen molar-refractivity contribution in [3.63, 3.8) is 0 Å². The largest absolute Gasteiger partial charge is 0.490 e. The molecule has 0 unspecified atom stereocenters. The zero-order chi connectivity index (χ0) is 17.2. The number of piperidine rings is 1. The number of halogens is 1. The summed E-state index contributed by atoms with van der Waals surface area (Å²) in [6.45, 7) is 6.78.